The van der Waals surface area contributed by atoms with Gasteiger partial charge in [0.2, 0.25) is 5.91 Å². The van der Waals surface area contributed by atoms with Crippen molar-refractivity contribution in [3.63, 3.8) is 0 Å². The van der Waals surface area contributed by atoms with E-state index in [1.807, 2.05) is 42.5 Å². The Kier molecular flexibility index (Phi) is 4.08. The zero-order valence-corrected chi connectivity index (χ0v) is 10.5. The van der Waals surface area contributed by atoms with Gasteiger partial charge in [-0.1, -0.05) is 42.5 Å². The molecule has 0 spiro atoms. The third kappa shape index (κ3) is 3.52. The molecule has 0 saturated carbocycles. The number of carbonyl (C=O) groups is 2. The van der Waals surface area contributed by atoms with Crippen LogP contribution in [0, 0.1) is 0 Å². The second-order valence-electron chi connectivity index (χ2n) is 4.41. The van der Waals surface area contributed by atoms with Gasteiger partial charge in [0.1, 0.15) is 6.29 Å². The van der Waals surface area contributed by atoms with Crippen LogP contribution in [0.5, 0.6) is 0 Å². The van der Waals surface area contributed by atoms with Gasteiger partial charge in [-0.15, -0.1) is 0 Å². The van der Waals surface area contributed by atoms with Gasteiger partial charge < -0.3 is 5.73 Å². The molecule has 0 aliphatic heterocycles. The van der Waals surface area contributed by atoms with E-state index < -0.39 is 0 Å². The lowest BCUT2D eigenvalue weighted by Crippen LogP contribution is -2.11. The molecule has 0 fully saturated rings. The Bertz CT molecular complexity index is 588. The summed E-state index contributed by atoms with van der Waals surface area (Å²) in [5.41, 5.74) is 8.91. The highest BCUT2D eigenvalue weighted by atomic mass is 16.1. The molecule has 2 aromatic rings. The van der Waals surface area contributed by atoms with Gasteiger partial charge in [-0.2, -0.15) is 0 Å². The molecule has 2 rings (SSSR count). The molecule has 0 aliphatic rings. The van der Waals surface area contributed by atoms with E-state index in [4.69, 9.17) is 5.73 Å². The van der Waals surface area contributed by atoms with E-state index in [0.717, 1.165) is 23.0 Å². The number of rotatable bonds is 5. The van der Waals surface area contributed by atoms with Gasteiger partial charge in [0.15, 0.2) is 0 Å². The summed E-state index contributed by atoms with van der Waals surface area (Å²) in [4.78, 5) is 21.5. The van der Waals surface area contributed by atoms with Crippen LogP contribution in [0.25, 0.3) is 11.1 Å². The molecule has 0 atom stereocenters. The molecule has 0 saturated heterocycles. The first-order valence-corrected chi connectivity index (χ1v) is 6.12. The third-order valence-corrected chi connectivity index (χ3v) is 2.97. The van der Waals surface area contributed by atoms with Crippen LogP contribution in [0.15, 0.2) is 48.5 Å². The molecule has 0 bridgehead atoms. The van der Waals surface area contributed by atoms with Crippen molar-refractivity contribution in [2.45, 2.75) is 12.8 Å². The molecule has 3 heteroatoms. The summed E-state index contributed by atoms with van der Waals surface area (Å²) in [6.07, 6.45) is 1.86. The summed E-state index contributed by atoms with van der Waals surface area (Å²) < 4.78 is 0. The predicted octanol–water partition coefficient (Wildman–Crippen LogP) is 2.58. The maximum Gasteiger partial charge on any atom is 0.217 e. The van der Waals surface area contributed by atoms with E-state index in [1.165, 1.54) is 0 Å². The molecule has 0 aromatic heterocycles. The standard InChI is InChI=1S/C16H15NO2/c17-16(19)9-6-12-4-7-14(8-5-12)15-3-1-2-13(10-15)11-18/h1-5,7-8,10-11H,6,9H2,(H2,17,19). The van der Waals surface area contributed by atoms with Crippen LogP contribution in [0.1, 0.15) is 22.3 Å². The Balaban J connectivity index is 2.17. The molecular formula is C16H15NO2. The van der Waals surface area contributed by atoms with Crippen LogP contribution in [0.2, 0.25) is 0 Å². The summed E-state index contributed by atoms with van der Waals surface area (Å²) in [6, 6.07) is 15.4. The number of benzene rings is 2. The smallest absolute Gasteiger partial charge is 0.217 e. The Hall–Kier alpha value is -2.42. The van der Waals surface area contributed by atoms with E-state index in [2.05, 4.69) is 0 Å². The fourth-order valence-electron chi connectivity index (χ4n) is 1.92. The minimum absolute atomic E-state index is 0.289. The first-order chi connectivity index (χ1) is 9.19. The van der Waals surface area contributed by atoms with Gasteiger partial charge in [-0.25, -0.2) is 0 Å². The van der Waals surface area contributed by atoms with Crippen molar-refractivity contribution in [2.75, 3.05) is 0 Å². The van der Waals surface area contributed by atoms with Crippen molar-refractivity contribution in [1.29, 1.82) is 0 Å². The van der Waals surface area contributed by atoms with E-state index >= 15 is 0 Å². The van der Waals surface area contributed by atoms with Gasteiger partial charge in [-0.3, -0.25) is 9.59 Å². The van der Waals surface area contributed by atoms with E-state index in [-0.39, 0.29) is 5.91 Å². The highest BCUT2D eigenvalue weighted by Crippen LogP contribution is 2.20. The van der Waals surface area contributed by atoms with Crippen LogP contribution in [0.3, 0.4) is 0 Å². The van der Waals surface area contributed by atoms with Gasteiger partial charge in [-0.05, 0) is 29.2 Å². The molecule has 0 heterocycles. The fraction of sp³-hybridized carbons (Fsp3) is 0.125. The van der Waals surface area contributed by atoms with Crippen LogP contribution < -0.4 is 5.73 Å². The normalized spacial score (nSPS) is 10.1. The van der Waals surface area contributed by atoms with Crippen molar-refractivity contribution >= 4 is 12.2 Å². The molecule has 3 nitrogen and oxygen atoms in total. The van der Waals surface area contributed by atoms with Gasteiger partial charge >= 0.3 is 0 Å². The Morgan fingerprint density at radius 2 is 1.79 bits per heavy atom. The summed E-state index contributed by atoms with van der Waals surface area (Å²) in [6.45, 7) is 0. The molecular weight excluding hydrogens is 238 g/mol. The quantitative estimate of drug-likeness (QED) is 0.832. The van der Waals surface area contributed by atoms with Crippen LogP contribution in [-0.2, 0) is 11.2 Å². The number of amides is 1. The van der Waals surface area contributed by atoms with Crippen molar-refractivity contribution in [2.24, 2.45) is 5.73 Å². The summed E-state index contributed by atoms with van der Waals surface area (Å²) in [5, 5.41) is 0. The number of carbonyl (C=O) groups excluding carboxylic acids is 2. The first kappa shape index (κ1) is 13.0. The van der Waals surface area contributed by atoms with Crippen LogP contribution >= 0.6 is 0 Å². The Labute approximate surface area is 112 Å². The number of hydrogen-bond acceptors (Lipinski definition) is 2. The maximum atomic E-state index is 10.7. The molecule has 19 heavy (non-hydrogen) atoms. The molecule has 1 amide bonds. The lowest BCUT2D eigenvalue weighted by Gasteiger charge is -2.04. The van der Waals surface area contributed by atoms with Crippen molar-refractivity contribution in [3.05, 3.63) is 59.7 Å². The van der Waals surface area contributed by atoms with Gasteiger partial charge in [0.05, 0.1) is 0 Å². The third-order valence-electron chi connectivity index (χ3n) is 2.97. The highest BCUT2D eigenvalue weighted by Gasteiger charge is 2.01. The zero-order chi connectivity index (χ0) is 13.7. The second kappa shape index (κ2) is 5.96. The fourth-order valence-corrected chi connectivity index (χ4v) is 1.92. The van der Waals surface area contributed by atoms with E-state index in [0.29, 0.717) is 18.4 Å². The lowest BCUT2D eigenvalue weighted by atomic mass is 10.0. The highest BCUT2D eigenvalue weighted by molar-refractivity contribution is 5.79. The molecule has 2 aromatic carbocycles. The Morgan fingerprint density at radius 1 is 1.05 bits per heavy atom. The number of aryl methyl sites for hydroxylation is 1. The molecule has 0 unspecified atom stereocenters. The molecule has 96 valence electrons. The number of nitrogens with two attached hydrogens (primary N) is 1. The zero-order valence-electron chi connectivity index (χ0n) is 10.5. The topological polar surface area (TPSA) is 60.2 Å². The van der Waals surface area contributed by atoms with Crippen LogP contribution in [0.4, 0.5) is 0 Å². The SMILES string of the molecule is NC(=O)CCc1ccc(-c2cccc(C=O)c2)cc1. The lowest BCUT2D eigenvalue weighted by molar-refractivity contribution is -0.117. The van der Waals surface area contributed by atoms with Crippen molar-refractivity contribution in [3.8, 4) is 11.1 Å². The molecule has 0 aliphatic carbocycles. The van der Waals surface area contributed by atoms with Gasteiger partial charge in [0, 0.05) is 12.0 Å². The van der Waals surface area contributed by atoms with Gasteiger partial charge in [0.25, 0.3) is 0 Å². The van der Waals surface area contributed by atoms with Crippen LogP contribution in [-0.4, -0.2) is 12.2 Å². The average Bonchev–Trinajstić information content (AvgIpc) is 2.45. The summed E-state index contributed by atoms with van der Waals surface area (Å²) in [7, 11) is 0. The minimum atomic E-state index is -0.289. The largest absolute Gasteiger partial charge is 0.370 e. The number of primary amides is 1. The molecule has 2 N–H and O–H groups in total. The van der Waals surface area contributed by atoms with E-state index in [9.17, 15) is 9.59 Å². The van der Waals surface area contributed by atoms with E-state index in [1.54, 1.807) is 6.07 Å². The van der Waals surface area contributed by atoms with Crippen molar-refractivity contribution in [1.82, 2.24) is 0 Å². The average molecular weight is 253 g/mol. The Morgan fingerprint density at radius 3 is 2.42 bits per heavy atom. The predicted molar refractivity (Wildman–Crippen MR) is 74.8 cm³/mol. The maximum absolute atomic E-state index is 10.7. The monoisotopic (exact) mass is 253 g/mol. The number of aldehydes is 1. The second-order valence-corrected chi connectivity index (χ2v) is 4.41. The summed E-state index contributed by atoms with van der Waals surface area (Å²) >= 11 is 0. The summed E-state index contributed by atoms with van der Waals surface area (Å²) in [5.74, 6) is -0.289. The van der Waals surface area contributed by atoms with Crippen molar-refractivity contribution < 1.29 is 9.59 Å². The minimum Gasteiger partial charge on any atom is -0.370 e. The molecule has 0 radical (unpaired) electrons. The number of hydrogen-bond donors (Lipinski definition) is 1. The first-order valence-electron chi connectivity index (χ1n) is 6.12.